The summed E-state index contributed by atoms with van der Waals surface area (Å²) in [7, 11) is 0. The Morgan fingerprint density at radius 2 is 1.41 bits per heavy atom. The molecule has 8 heteroatoms. The van der Waals surface area contributed by atoms with E-state index in [-0.39, 0.29) is 12.4 Å². The topological polar surface area (TPSA) is 30.5 Å². The minimum Gasteiger partial charge on any atom is -0.490 e. The molecule has 0 saturated carbocycles. The van der Waals surface area contributed by atoms with Gasteiger partial charge in [-0.15, -0.1) is 12.4 Å². The highest BCUT2D eigenvalue weighted by Gasteiger charge is 2.09. The normalized spacial score (nSPS) is 10.5. The fraction of sp³-hybridized carbons (Fsp3) is 0.250. The van der Waals surface area contributed by atoms with Crippen LogP contribution in [0.15, 0.2) is 54.6 Å². The van der Waals surface area contributed by atoms with Crippen LogP contribution in [0.3, 0.4) is 0 Å². The number of ether oxygens (including phenoxy) is 2. The second kappa shape index (κ2) is 13.4. The van der Waals surface area contributed by atoms with Gasteiger partial charge in [0, 0.05) is 32.2 Å². The summed E-state index contributed by atoms with van der Waals surface area (Å²) < 4.78 is 11.7. The summed E-state index contributed by atoms with van der Waals surface area (Å²) in [6, 6.07) is 16.9. The summed E-state index contributed by atoms with van der Waals surface area (Å²) in [5.41, 5.74) is 3.03. The summed E-state index contributed by atoms with van der Waals surface area (Å²) in [4.78, 5) is 0. The standard InChI is InChI=1S/C24H23Cl4NO2.ClH/c1-2-30-24-11-16(14-29-10-9-17-4-6-19(25)12-21(17)27)3-8-23(24)31-15-18-5-7-20(26)13-22(18)28;/h3-8,11-13,29H,2,9-10,14-15H2,1H3;1H. The first-order valence-corrected chi connectivity index (χ1v) is 11.4. The van der Waals surface area contributed by atoms with E-state index in [1.807, 2.05) is 43.3 Å². The van der Waals surface area contributed by atoms with E-state index >= 15 is 0 Å². The molecule has 0 aromatic heterocycles. The molecule has 0 aliphatic rings. The van der Waals surface area contributed by atoms with Crippen LogP contribution in [-0.2, 0) is 19.6 Å². The Labute approximate surface area is 215 Å². The third-order valence-corrected chi connectivity index (χ3v) is 5.80. The number of hydrogen-bond acceptors (Lipinski definition) is 3. The van der Waals surface area contributed by atoms with E-state index in [0.29, 0.717) is 51.3 Å². The molecule has 0 amide bonds. The molecule has 0 unspecified atom stereocenters. The van der Waals surface area contributed by atoms with Crippen LogP contribution in [-0.4, -0.2) is 13.2 Å². The fourth-order valence-electron chi connectivity index (χ4n) is 3.02. The van der Waals surface area contributed by atoms with Gasteiger partial charge in [-0.3, -0.25) is 0 Å². The minimum absolute atomic E-state index is 0. The van der Waals surface area contributed by atoms with Crippen molar-refractivity contribution in [3.63, 3.8) is 0 Å². The van der Waals surface area contributed by atoms with Gasteiger partial charge in [0.05, 0.1) is 6.61 Å². The zero-order valence-electron chi connectivity index (χ0n) is 17.5. The molecule has 3 aromatic carbocycles. The van der Waals surface area contributed by atoms with Crippen molar-refractivity contribution in [1.82, 2.24) is 5.32 Å². The Hall–Kier alpha value is -1.33. The summed E-state index contributed by atoms with van der Waals surface area (Å²) in [6.45, 7) is 4.31. The Balaban J connectivity index is 0.00000363. The number of hydrogen-bond donors (Lipinski definition) is 1. The molecule has 0 radical (unpaired) electrons. The summed E-state index contributed by atoms with van der Waals surface area (Å²) >= 11 is 24.4. The van der Waals surface area contributed by atoms with Gasteiger partial charge < -0.3 is 14.8 Å². The number of benzene rings is 3. The van der Waals surface area contributed by atoms with Gasteiger partial charge in [-0.1, -0.05) is 64.6 Å². The van der Waals surface area contributed by atoms with Gasteiger partial charge in [-0.05, 0) is 67.4 Å². The van der Waals surface area contributed by atoms with Gasteiger partial charge in [0.25, 0.3) is 0 Å². The first-order valence-electron chi connectivity index (χ1n) is 9.93. The third kappa shape index (κ3) is 7.91. The number of nitrogens with one attached hydrogen (secondary N) is 1. The zero-order chi connectivity index (χ0) is 22.2. The van der Waals surface area contributed by atoms with Crippen LogP contribution in [0.25, 0.3) is 0 Å². The molecule has 3 aromatic rings. The smallest absolute Gasteiger partial charge is 0.161 e. The van der Waals surface area contributed by atoms with E-state index in [4.69, 9.17) is 55.9 Å². The van der Waals surface area contributed by atoms with Crippen LogP contribution < -0.4 is 14.8 Å². The predicted octanol–water partition coefficient (Wildman–Crippen LogP) is 8.03. The highest BCUT2D eigenvalue weighted by atomic mass is 35.5. The highest BCUT2D eigenvalue weighted by molar-refractivity contribution is 6.35. The average Bonchev–Trinajstić information content (AvgIpc) is 2.73. The maximum atomic E-state index is 6.24. The van der Waals surface area contributed by atoms with Gasteiger partial charge in [0.2, 0.25) is 0 Å². The van der Waals surface area contributed by atoms with Crippen molar-refractivity contribution in [3.05, 3.63) is 91.4 Å². The van der Waals surface area contributed by atoms with E-state index in [9.17, 15) is 0 Å². The molecule has 0 aliphatic heterocycles. The van der Waals surface area contributed by atoms with Gasteiger partial charge in [0.15, 0.2) is 11.5 Å². The molecule has 32 heavy (non-hydrogen) atoms. The van der Waals surface area contributed by atoms with Gasteiger partial charge in [-0.25, -0.2) is 0 Å². The Kier molecular flexibility index (Phi) is 11.3. The monoisotopic (exact) mass is 533 g/mol. The summed E-state index contributed by atoms with van der Waals surface area (Å²) in [5, 5.41) is 5.94. The van der Waals surface area contributed by atoms with Crippen molar-refractivity contribution in [2.24, 2.45) is 0 Å². The quantitative estimate of drug-likeness (QED) is 0.267. The molecule has 0 spiro atoms. The predicted molar refractivity (Wildman–Crippen MR) is 138 cm³/mol. The average molecular weight is 536 g/mol. The van der Waals surface area contributed by atoms with Crippen molar-refractivity contribution in [1.29, 1.82) is 0 Å². The number of halogens is 5. The van der Waals surface area contributed by atoms with Gasteiger partial charge in [0.1, 0.15) is 6.61 Å². The van der Waals surface area contributed by atoms with Crippen LogP contribution in [0.1, 0.15) is 23.6 Å². The lowest BCUT2D eigenvalue weighted by molar-refractivity contribution is 0.269. The van der Waals surface area contributed by atoms with Gasteiger partial charge >= 0.3 is 0 Å². The van der Waals surface area contributed by atoms with E-state index < -0.39 is 0 Å². The van der Waals surface area contributed by atoms with E-state index in [0.717, 1.165) is 29.7 Å². The Morgan fingerprint density at radius 3 is 2.03 bits per heavy atom. The first-order chi connectivity index (χ1) is 15.0. The lowest BCUT2D eigenvalue weighted by Gasteiger charge is -2.14. The third-order valence-electron chi connectivity index (χ3n) is 4.62. The molecular weight excluding hydrogens is 512 g/mol. The molecule has 3 rings (SSSR count). The van der Waals surface area contributed by atoms with Crippen LogP contribution in [0.5, 0.6) is 11.5 Å². The van der Waals surface area contributed by atoms with Crippen molar-refractivity contribution in [2.45, 2.75) is 26.5 Å². The SMILES string of the molecule is CCOc1cc(CNCCc2ccc(Cl)cc2Cl)ccc1OCc1ccc(Cl)cc1Cl.Cl. The van der Waals surface area contributed by atoms with Gasteiger partial charge in [-0.2, -0.15) is 0 Å². The summed E-state index contributed by atoms with van der Waals surface area (Å²) in [6.07, 6.45) is 0.817. The van der Waals surface area contributed by atoms with Crippen molar-refractivity contribution >= 4 is 58.8 Å². The van der Waals surface area contributed by atoms with E-state index in [1.165, 1.54) is 0 Å². The largest absolute Gasteiger partial charge is 0.490 e. The first kappa shape index (κ1) is 26.9. The van der Waals surface area contributed by atoms with Crippen LogP contribution in [0, 0.1) is 0 Å². The van der Waals surface area contributed by atoms with Crippen molar-refractivity contribution < 1.29 is 9.47 Å². The molecule has 172 valence electrons. The molecule has 1 N–H and O–H groups in total. The van der Waals surface area contributed by atoms with E-state index in [1.54, 1.807) is 18.2 Å². The maximum Gasteiger partial charge on any atom is 0.161 e. The highest BCUT2D eigenvalue weighted by Crippen LogP contribution is 2.30. The van der Waals surface area contributed by atoms with E-state index in [2.05, 4.69) is 5.32 Å². The van der Waals surface area contributed by atoms with Crippen LogP contribution >= 0.6 is 58.8 Å². The van der Waals surface area contributed by atoms with Crippen LogP contribution in [0.4, 0.5) is 0 Å². The van der Waals surface area contributed by atoms with Crippen LogP contribution in [0.2, 0.25) is 20.1 Å². The second-order valence-electron chi connectivity index (χ2n) is 6.90. The fourth-order valence-corrected chi connectivity index (χ4v) is 3.99. The number of rotatable bonds is 10. The zero-order valence-corrected chi connectivity index (χ0v) is 21.3. The Morgan fingerprint density at radius 1 is 0.750 bits per heavy atom. The Bertz CT molecular complexity index is 1030. The molecule has 0 heterocycles. The molecule has 0 fully saturated rings. The minimum atomic E-state index is 0. The molecule has 0 atom stereocenters. The van der Waals surface area contributed by atoms with Crippen molar-refractivity contribution in [3.8, 4) is 11.5 Å². The second-order valence-corrected chi connectivity index (χ2v) is 8.59. The van der Waals surface area contributed by atoms with Crippen molar-refractivity contribution in [2.75, 3.05) is 13.2 Å². The molecule has 3 nitrogen and oxygen atoms in total. The molecule has 0 saturated heterocycles. The molecule has 0 aliphatic carbocycles. The molecular formula is C24H24Cl5NO2. The molecule has 0 bridgehead atoms. The lowest BCUT2D eigenvalue weighted by Crippen LogP contribution is -2.17. The lowest BCUT2D eigenvalue weighted by atomic mass is 10.1. The summed E-state index contributed by atoms with van der Waals surface area (Å²) in [5.74, 6) is 1.37. The maximum absolute atomic E-state index is 6.24.